The van der Waals surface area contributed by atoms with Crippen LogP contribution >= 0.6 is 0 Å². The summed E-state index contributed by atoms with van der Waals surface area (Å²) in [4.78, 5) is 16.5. The van der Waals surface area contributed by atoms with Crippen LogP contribution in [0.15, 0.2) is 102 Å². The molecule has 0 aliphatic rings. The summed E-state index contributed by atoms with van der Waals surface area (Å²) in [5.74, 6) is -0.181. The number of fused-ring (bicyclic) bond motifs is 1. The van der Waals surface area contributed by atoms with Crippen LogP contribution in [0.3, 0.4) is 0 Å². The lowest BCUT2D eigenvalue weighted by Gasteiger charge is -2.10. The largest absolute Gasteiger partial charge is 0.573 e. The quantitative estimate of drug-likeness (QED) is 0.275. The number of anilines is 1. The minimum Gasteiger partial charge on any atom is -0.464 e. The Morgan fingerprint density at radius 2 is 1.85 bits per heavy atom. The van der Waals surface area contributed by atoms with Crippen LogP contribution in [-0.2, 0) is 4.79 Å². The van der Waals surface area contributed by atoms with Gasteiger partial charge in [-0.2, -0.15) is 0 Å². The standard InChI is InChI=1S/C25H17F3N2O3/c26-25(27,28)33-19-11-9-17(10-12-19)21(23-7-3-15-32-23)5-2-8-24(31)30-22-6-1-4-18-16-29-14-13-20(18)22/h1-16H,(H,30,31)/b8-2+,21-5+. The van der Waals surface area contributed by atoms with E-state index in [0.29, 0.717) is 22.6 Å². The first kappa shape index (κ1) is 21.9. The second-order valence-electron chi connectivity index (χ2n) is 6.88. The topological polar surface area (TPSA) is 64.4 Å². The third-order valence-electron chi connectivity index (χ3n) is 4.63. The van der Waals surface area contributed by atoms with E-state index in [1.165, 1.54) is 36.6 Å². The van der Waals surface area contributed by atoms with Crippen molar-refractivity contribution >= 4 is 27.9 Å². The summed E-state index contributed by atoms with van der Waals surface area (Å²) >= 11 is 0. The molecule has 0 spiro atoms. The molecule has 0 fully saturated rings. The molecule has 0 saturated carbocycles. The number of amides is 1. The van der Waals surface area contributed by atoms with Crippen LogP contribution in [0.4, 0.5) is 18.9 Å². The fourth-order valence-electron chi connectivity index (χ4n) is 3.23. The molecule has 1 N–H and O–H groups in total. The number of carbonyl (C=O) groups excluding carboxylic acids is 1. The van der Waals surface area contributed by atoms with Gasteiger partial charge in [0.1, 0.15) is 11.5 Å². The SMILES string of the molecule is O=C(/C=C/C=C(\c1ccc(OC(F)(F)F)cc1)c1ccco1)Nc1cccc2cnccc12. The van der Waals surface area contributed by atoms with Crippen molar-refractivity contribution in [2.45, 2.75) is 6.36 Å². The third kappa shape index (κ3) is 5.68. The molecule has 0 atom stereocenters. The Kier molecular flexibility index (Phi) is 6.26. The zero-order valence-electron chi connectivity index (χ0n) is 17.0. The molecule has 0 unspecified atom stereocenters. The number of nitrogens with one attached hydrogen (secondary N) is 1. The highest BCUT2D eigenvalue weighted by molar-refractivity contribution is 6.06. The summed E-state index contributed by atoms with van der Waals surface area (Å²) < 4.78 is 46.6. The van der Waals surface area contributed by atoms with E-state index in [0.717, 1.165) is 10.8 Å². The van der Waals surface area contributed by atoms with E-state index in [2.05, 4.69) is 15.0 Å². The lowest BCUT2D eigenvalue weighted by molar-refractivity contribution is -0.274. The van der Waals surface area contributed by atoms with Crippen LogP contribution in [0.2, 0.25) is 0 Å². The van der Waals surface area contributed by atoms with Crippen molar-refractivity contribution in [2.75, 3.05) is 5.32 Å². The fraction of sp³-hybridized carbons (Fsp3) is 0.0400. The van der Waals surface area contributed by atoms with Crippen LogP contribution in [0, 0.1) is 0 Å². The van der Waals surface area contributed by atoms with E-state index >= 15 is 0 Å². The van der Waals surface area contributed by atoms with Crippen LogP contribution < -0.4 is 10.1 Å². The number of hydrogen-bond donors (Lipinski definition) is 1. The molecule has 1 amide bonds. The zero-order valence-corrected chi connectivity index (χ0v) is 17.0. The summed E-state index contributed by atoms with van der Waals surface area (Å²) in [5.41, 5.74) is 1.82. The first-order chi connectivity index (χ1) is 15.9. The molecule has 5 nitrogen and oxygen atoms in total. The molecule has 33 heavy (non-hydrogen) atoms. The first-order valence-electron chi connectivity index (χ1n) is 9.81. The molecule has 0 bridgehead atoms. The number of benzene rings is 2. The van der Waals surface area contributed by atoms with Gasteiger partial charge in [-0.15, -0.1) is 13.2 Å². The number of furan rings is 1. The Balaban J connectivity index is 1.54. The van der Waals surface area contributed by atoms with Gasteiger partial charge in [0.15, 0.2) is 0 Å². The smallest absolute Gasteiger partial charge is 0.464 e. The highest BCUT2D eigenvalue weighted by Gasteiger charge is 2.31. The Hall–Kier alpha value is -4.33. The Morgan fingerprint density at radius 3 is 2.58 bits per heavy atom. The highest BCUT2D eigenvalue weighted by atomic mass is 19.4. The minimum absolute atomic E-state index is 0.328. The van der Waals surface area contributed by atoms with Gasteiger partial charge in [0, 0.05) is 40.5 Å². The number of allylic oxidation sites excluding steroid dienone is 2. The molecule has 2 aromatic heterocycles. The Morgan fingerprint density at radius 1 is 1.03 bits per heavy atom. The van der Waals surface area contributed by atoms with E-state index in [1.54, 1.807) is 42.7 Å². The predicted molar refractivity (Wildman–Crippen MR) is 118 cm³/mol. The molecule has 166 valence electrons. The van der Waals surface area contributed by atoms with Gasteiger partial charge in [0.05, 0.1) is 6.26 Å². The molecule has 2 heterocycles. The summed E-state index contributed by atoms with van der Waals surface area (Å²) in [6, 6.07) is 16.1. The molecular weight excluding hydrogens is 433 g/mol. The Labute approximate surface area is 186 Å². The summed E-state index contributed by atoms with van der Waals surface area (Å²) in [6.45, 7) is 0. The molecule has 0 aliphatic carbocycles. The third-order valence-corrected chi connectivity index (χ3v) is 4.63. The number of aromatic nitrogens is 1. The second-order valence-corrected chi connectivity index (χ2v) is 6.88. The van der Waals surface area contributed by atoms with Crippen molar-refractivity contribution in [3.63, 3.8) is 0 Å². The number of halogens is 3. The minimum atomic E-state index is -4.77. The number of nitrogens with zero attached hydrogens (tertiary/aromatic N) is 1. The zero-order chi connectivity index (χ0) is 23.3. The van der Waals surface area contributed by atoms with Crippen molar-refractivity contribution in [3.8, 4) is 5.75 Å². The van der Waals surface area contributed by atoms with Crippen molar-refractivity contribution in [2.24, 2.45) is 0 Å². The number of hydrogen-bond acceptors (Lipinski definition) is 4. The number of pyridine rings is 1. The van der Waals surface area contributed by atoms with E-state index in [1.807, 2.05) is 18.2 Å². The van der Waals surface area contributed by atoms with Gasteiger partial charge in [-0.25, -0.2) is 0 Å². The number of carbonyl (C=O) groups is 1. The number of ether oxygens (including phenoxy) is 1. The second kappa shape index (κ2) is 9.44. The van der Waals surface area contributed by atoms with E-state index in [9.17, 15) is 18.0 Å². The van der Waals surface area contributed by atoms with Crippen LogP contribution in [-0.4, -0.2) is 17.3 Å². The molecule has 0 saturated heterocycles. The van der Waals surface area contributed by atoms with Crippen molar-refractivity contribution < 1.29 is 27.1 Å². The van der Waals surface area contributed by atoms with Crippen molar-refractivity contribution in [1.29, 1.82) is 0 Å². The summed E-state index contributed by atoms with van der Waals surface area (Å²) in [7, 11) is 0. The number of rotatable bonds is 6. The van der Waals surface area contributed by atoms with Gasteiger partial charge in [-0.05, 0) is 42.0 Å². The van der Waals surface area contributed by atoms with Gasteiger partial charge in [-0.3, -0.25) is 9.78 Å². The van der Waals surface area contributed by atoms with Crippen LogP contribution in [0.5, 0.6) is 5.75 Å². The maximum Gasteiger partial charge on any atom is 0.573 e. The summed E-state index contributed by atoms with van der Waals surface area (Å²) in [6.07, 6.45) is 4.62. The van der Waals surface area contributed by atoms with Gasteiger partial charge in [-0.1, -0.05) is 36.4 Å². The molecular formula is C25H17F3N2O3. The monoisotopic (exact) mass is 450 g/mol. The maximum absolute atomic E-state index is 12.4. The Bertz CT molecular complexity index is 1300. The van der Waals surface area contributed by atoms with Gasteiger partial charge in [0.25, 0.3) is 0 Å². The number of alkyl halides is 3. The van der Waals surface area contributed by atoms with Gasteiger partial charge < -0.3 is 14.5 Å². The molecule has 0 aliphatic heterocycles. The normalized spacial score (nSPS) is 12.3. The van der Waals surface area contributed by atoms with E-state index < -0.39 is 6.36 Å². The molecule has 8 heteroatoms. The molecule has 0 radical (unpaired) electrons. The lowest BCUT2D eigenvalue weighted by Crippen LogP contribution is -2.17. The predicted octanol–water partition coefficient (Wildman–Crippen LogP) is 6.35. The molecule has 4 aromatic rings. The molecule has 2 aromatic carbocycles. The van der Waals surface area contributed by atoms with Crippen LogP contribution in [0.25, 0.3) is 16.3 Å². The first-order valence-corrected chi connectivity index (χ1v) is 9.81. The maximum atomic E-state index is 12.4. The van der Waals surface area contributed by atoms with Crippen molar-refractivity contribution in [1.82, 2.24) is 4.98 Å². The average Bonchev–Trinajstić information content (AvgIpc) is 3.31. The van der Waals surface area contributed by atoms with Gasteiger partial charge >= 0.3 is 6.36 Å². The fourth-order valence-corrected chi connectivity index (χ4v) is 3.23. The van der Waals surface area contributed by atoms with E-state index in [-0.39, 0.29) is 11.7 Å². The summed E-state index contributed by atoms with van der Waals surface area (Å²) in [5, 5.41) is 4.60. The molecule has 4 rings (SSSR count). The van der Waals surface area contributed by atoms with Crippen molar-refractivity contribution in [3.05, 3.63) is 109 Å². The van der Waals surface area contributed by atoms with Gasteiger partial charge in [0.2, 0.25) is 5.91 Å². The van der Waals surface area contributed by atoms with Crippen LogP contribution in [0.1, 0.15) is 11.3 Å². The highest BCUT2D eigenvalue weighted by Crippen LogP contribution is 2.28. The van der Waals surface area contributed by atoms with E-state index in [4.69, 9.17) is 4.42 Å². The average molecular weight is 450 g/mol. The lowest BCUT2D eigenvalue weighted by atomic mass is 10.0.